The van der Waals surface area contributed by atoms with E-state index in [-0.39, 0.29) is 0 Å². The van der Waals surface area contributed by atoms with Crippen molar-refractivity contribution in [3.8, 4) is 5.75 Å². The second-order valence-corrected chi connectivity index (χ2v) is 5.06. The molecular formula is C12H12BrFO3. The normalized spacial score (nSPS) is 17.4. The highest BCUT2D eigenvalue weighted by Crippen LogP contribution is 2.49. The molecule has 1 saturated carbocycles. The van der Waals surface area contributed by atoms with Gasteiger partial charge in [-0.1, -0.05) is 6.42 Å². The number of methoxy groups -OCH3 is 1. The third-order valence-electron chi connectivity index (χ3n) is 3.34. The van der Waals surface area contributed by atoms with Gasteiger partial charge in [-0.15, -0.1) is 0 Å². The van der Waals surface area contributed by atoms with Crippen LogP contribution in [0.3, 0.4) is 0 Å². The fraction of sp³-hybridized carbons (Fsp3) is 0.417. The van der Waals surface area contributed by atoms with Crippen molar-refractivity contribution in [2.45, 2.75) is 24.7 Å². The number of carboxylic acid groups (broad SMARTS) is 1. The maximum atomic E-state index is 13.4. The summed E-state index contributed by atoms with van der Waals surface area (Å²) in [4.78, 5) is 11.4. The molecule has 0 spiro atoms. The molecule has 0 heterocycles. The van der Waals surface area contributed by atoms with Crippen LogP contribution in [-0.2, 0) is 10.2 Å². The molecule has 0 amide bonds. The first kappa shape index (κ1) is 12.4. The third kappa shape index (κ3) is 1.82. The van der Waals surface area contributed by atoms with Gasteiger partial charge in [-0.3, -0.25) is 4.79 Å². The summed E-state index contributed by atoms with van der Waals surface area (Å²) in [5, 5.41) is 9.35. The molecule has 0 saturated heterocycles. The summed E-state index contributed by atoms with van der Waals surface area (Å²) in [7, 11) is 1.45. The van der Waals surface area contributed by atoms with E-state index in [0.29, 0.717) is 28.6 Å². The molecular weight excluding hydrogens is 291 g/mol. The number of carboxylic acids is 1. The number of ether oxygens (including phenoxy) is 1. The molecule has 1 aliphatic carbocycles. The van der Waals surface area contributed by atoms with Crippen LogP contribution < -0.4 is 4.74 Å². The van der Waals surface area contributed by atoms with Crippen molar-refractivity contribution in [2.75, 3.05) is 7.11 Å². The van der Waals surface area contributed by atoms with Gasteiger partial charge in [-0.05, 0) is 40.9 Å². The standard InChI is InChI=1S/C12H12BrFO3/c1-17-10-8(5-7(14)6-9(10)13)12(11(15)16)3-2-4-12/h5-6H,2-4H2,1H3,(H,15,16). The number of carbonyl (C=O) groups is 1. The fourth-order valence-electron chi connectivity index (χ4n) is 2.25. The zero-order chi connectivity index (χ0) is 12.6. The average Bonchev–Trinajstić information content (AvgIpc) is 2.14. The van der Waals surface area contributed by atoms with Crippen LogP contribution in [0, 0.1) is 5.82 Å². The summed E-state index contributed by atoms with van der Waals surface area (Å²) < 4.78 is 19.1. The Kier molecular flexibility index (Phi) is 3.12. The van der Waals surface area contributed by atoms with Crippen LogP contribution in [0.2, 0.25) is 0 Å². The molecule has 17 heavy (non-hydrogen) atoms. The molecule has 1 aliphatic rings. The van der Waals surface area contributed by atoms with Crippen LogP contribution in [0.1, 0.15) is 24.8 Å². The zero-order valence-electron chi connectivity index (χ0n) is 9.30. The number of rotatable bonds is 3. The van der Waals surface area contributed by atoms with E-state index in [4.69, 9.17) is 4.74 Å². The van der Waals surface area contributed by atoms with Gasteiger partial charge in [-0.2, -0.15) is 0 Å². The monoisotopic (exact) mass is 302 g/mol. The molecule has 0 radical (unpaired) electrons. The predicted octanol–water partition coefficient (Wildman–Crippen LogP) is 3.10. The van der Waals surface area contributed by atoms with Crippen LogP contribution >= 0.6 is 15.9 Å². The number of hydrogen-bond donors (Lipinski definition) is 1. The molecule has 0 bridgehead atoms. The van der Waals surface area contributed by atoms with E-state index in [2.05, 4.69) is 15.9 Å². The van der Waals surface area contributed by atoms with Crippen molar-refractivity contribution >= 4 is 21.9 Å². The lowest BCUT2D eigenvalue weighted by atomic mass is 9.64. The van der Waals surface area contributed by atoms with Gasteiger partial charge in [0.15, 0.2) is 0 Å². The molecule has 3 nitrogen and oxygen atoms in total. The maximum absolute atomic E-state index is 13.4. The molecule has 1 fully saturated rings. The van der Waals surface area contributed by atoms with Crippen molar-refractivity contribution < 1.29 is 19.0 Å². The van der Waals surface area contributed by atoms with Crippen molar-refractivity contribution in [3.63, 3.8) is 0 Å². The van der Waals surface area contributed by atoms with Crippen molar-refractivity contribution in [3.05, 3.63) is 28.0 Å². The molecule has 5 heteroatoms. The molecule has 0 atom stereocenters. The van der Waals surface area contributed by atoms with E-state index < -0.39 is 17.2 Å². The summed E-state index contributed by atoms with van der Waals surface area (Å²) in [6.45, 7) is 0. The van der Waals surface area contributed by atoms with Crippen LogP contribution in [-0.4, -0.2) is 18.2 Å². The van der Waals surface area contributed by atoms with Crippen LogP contribution in [0.4, 0.5) is 4.39 Å². The Balaban J connectivity index is 2.61. The van der Waals surface area contributed by atoms with Gasteiger partial charge in [0.1, 0.15) is 11.6 Å². The number of benzene rings is 1. The highest BCUT2D eigenvalue weighted by molar-refractivity contribution is 9.10. The van der Waals surface area contributed by atoms with Crippen LogP contribution in [0.15, 0.2) is 16.6 Å². The van der Waals surface area contributed by atoms with Crippen LogP contribution in [0.5, 0.6) is 5.75 Å². The minimum absolute atomic E-state index is 0.411. The smallest absolute Gasteiger partial charge is 0.314 e. The first-order valence-electron chi connectivity index (χ1n) is 5.28. The molecule has 0 aliphatic heterocycles. The summed E-state index contributed by atoms with van der Waals surface area (Å²) in [5.41, 5.74) is -0.568. The van der Waals surface area contributed by atoms with Gasteiger partial charge >= 0.3 is 5.97 Å². The molecule has 2 rings (SSSR count). The van der Waals surface area contributed by atoms with E-state index in [9.17, 15) is 14.3 Å². The van der Waals surface area contributed by atoms with Crippen molar-refractivity contribution in [1.82, 2.24) is 0 Å². The largest absolute Gasteiger partial charge is 0.495 e. The van der Waals surface area contributed by atoms with Gasteiger partial charge in [0.05, 0.1) is 17.0 Å². The van der Waals surface area contributed by atoms with E-state index >= 15 is 0 Å². The Morgan fingerprint density at radius 1 is 1.53 bits per heavy atom. The molecule has 92 valence electrons. The first-order chi connectivity index (χ1) is 8.01. The SMILES string of the molecule is COc1c(Br)cc(F)cc1C1(C(=O)O)CCC1. The van der Waals surface area contributed by atoms with Gasteiger partial charge in [-0.25, -0.2) is 4.39 Å². The zero-order valence-corrected chi connectivity index (χ0v) is 10.9. The Hall–Kier alpha value is -1.10. The Labute approximate surface area is 107 Å². The third-order valence-corrected chi connectivity index (χ3v) is 3.93. The summed E-state index contributed by atoms with van der Waals surface area (Å²) in [5.74, 6) is -0.965. The van der Waals surface area contributed by atoms with Gasteiger partial charge < -0.3 is 9.84 Å². The summed E-state index contributed by atoms with van der Waals surface area (Å²) in [6, 6.07) is 2.54. The topological polar surface area (TPSA) is 46.5 Å². The van der Waals surface area contributed by atoms with Crippen molar-refractivity contribution in [1.29, 1.82) is 0 Å². The van der Waals surface area contributed by atoms with Crippen LogP contribution in [0.25, 0.3) is 0 Å². The lowest BCUT2D eigenvalue weighted by molar-refractivity contribution is -0.147. The lowest BCUT2D eigenvalue weighted by Crippen LogP contribution is -2.42. The summed E-state index contributed by atoms with van der Waals surface area (Å²) in [6.07, 6.45) is 1.88. The second kappa shape index (κ2) is 4.29. The molecule has 0 unspecified atom stereocenters. The predicted molar refractivity (Wildman–Crippen MR) is 63.8 cm³/mol. The average molecular weight is 303 g/mol. The highest BCUT2D eigenvalue weighted by atomic mass is 79.9. The van der Waals surface area contributed by atoms with E-state index in [1.165, 1.54) is 19.2 Å². The first-order valence-corrected chi connectivity index (χ1v) is 6.07. The number of hydrogen-bond acceptors (Lipinski definition) is 2. The minimum atomic E-state index is -0.990. The Morgan fingerprint density at radius 2 is 2.18 bits per heavy atom. The van der Waals surface area contributed by atoms with Gasteiger partial charge in [0.2, 0.25) is 0 Å². The minimum Gasteiger partial charge on any atom is -0.495 e. The molecule has 1 aromatic carbocycles. The summed E-state index contributed by atoms with van der Waals surface area (Å²) >= 11 is 3.20. The quantitative estimate of drug-likeness (QED) is 0.933. The van der Waals surface area contributed by atoms with Crippen molar-refractivity contribution in [2.24, 2.45) is 0 Å². The number of halogens is 2. The van der Waals surface area contributed by atoms with E-state index in [1.807, 2.05) is 0 Å². The molecule has 1 N–H and O–H groups in total. The molecule has 1 aromatic rings. The van der Waals surface area contributed by atoms with E-state index in [0.717, 1.165) is 6.42 Å². The highest BCUT2D eigenvalue weighted by Gasteiger charge is 2.48. The Bertz CT molecular complexity index is 469. The maximum Gasteiger partial charge on any atom is 0.314 e. The second-order valence-electron chi connectivity index (χ2n) is 4.21. The number of aliphatic carboxylic acids is 1. The fourth-order valence-corrected chi connectivity index (χ4v) is 2.85. The van der Waals surface area contributed by atoms with E-state index in [1.54, 1.807) is 0 Å². The Morgan fingerprint density at radius 3 is 2.59 bits per heavy atom. The van der Waals surface area contributed by atoms with Gasteiger partial charge in [0.25, 0.3) is 0 Å². The lowest BCUT2D eigenvalue weighted by Gasteiger charge is -2.39. The van der Waals surface area contributed by atoms with Gasteiger partial charge in [0, 0.05) is 5.56 Å². The molecule has 0 aromatic heterocycles.